The van der Waals surface area contributed by atoms with Crippen LogP contribution in [0, 0.1) is 0 Å². The number of halogens is 1. The molecule has 1 aliphatic heterocycles. The van der Waals surface area contributed by atoms with E-state index in [1.807, 2.05) is 13.8 Å². The summed E-state index contributed by atoms with van der Waals surface area (Å²) in [5.74, 6) is -1.26. The van der Waals surface area contributed by atoms with Gasteiger partial charge in [-0.3, -0.25) is 19.7 Å². The van der Waals surface area contributed by atoms with E-state index in [0.29, 0.717) is 17.1 Å². The molecule has 0 aromatic carbocycles. The number of hydrogen-bond donors (Lipinski definition) is 1. The summed E-state index contributed by atoms with van der Waals surface area (Å²) in [7, 11) is 0. The third kappa shape index (κ3) is 2.95. The molecule has 3 amide bonds. The lowest BCUT2D eigenvalue weighted by Gasteiger charge is -2.33. The lowest BCUT2D eigenvalue weighted by Crippen LogP contribution is -2.59. The van der Waals surface area contributed by atoms with Gasteiger partial charge in [-0.2, -0.15) is 0 Å². The smallest absolute Gasteiger partial charge is 0.271 e. The highest BCUT2D eigenvalue weighted by Crippen LogP contribution is 2.22. The van der Waals surface area contributed by atoms with E-state index in [1.165, 1.54) is 4.90 Å². The lowest BCUT2D eigenvalue weighted by atomic mass is 10.1. The fourth-order valence-corrected chi connectivity index (χ4v) is 2.69. The van der Waals surface area contributed by atoms with Gasteiger partial charge in [-0.05, 0) is 26.3 Å². The number of rotatable bonds is 3. The van der Waals surface area contributed by atoms with Gasteiger partial charge in [0.1, 0.15) is 18.3 Å². The van der Waals surface area contributed by atoms with Gasteiger partial charge < -0.3 is 9.47 Å². The molecule has 1 fully saturated rings. The van der Waals surface area contributed by atoms with Gasteiger partial charge in [-0.15, -0.1) is 0 Å². The molecule has 114 valence electrons. The van der Waals surface area contributed by atoms with Crippen LogP contribution < -0.4 is 5.32 Å². The van der Waals surface area contributed by atoms with Crippen molar-refractivity contribution in [1.29, 1.82) is 0 Å². The van der Waals surface area contributed by atoms with E-state index < -0.39 is 17.9 Å². The predicted molar refractivity (Wildman–Crippen MR) is 78.1 cm³/mol. The first-order chi connectivity index (χ1) is 9.85. The van der Waals surface area contributed by atoms with Crippen LogP contribution in [0.3, 0.4) is 0 Å². The number of hydrogen-bond acceptors (Lipinski definition) is 3. The van der Waals surface area contributed by atoms with Crippen molar-refractivity contribution in [3.63, 3.8) is 0 Å². The minimum Gasteiger partial charge on any atom is -0.339 e. The topological polar surface area (TPSA) is 71.4 Å². The summed E-state index contributed by atoms with van der Waals surface area (Å²) in [5.41, 5.74) is 0.385. The molecule has 0 aliphatic carbocycles. The van der Waals surface area contributed by atoms with Crippen molar-refractivity contribution in [3.05, 3.63) is 23.0 Å². The summed E-state index contributed by atoms with van der Waals surface area (Å²) in [4.78, 5) is 37.4. The molecule has 1 aliphatic rings. The number of aromatic nitrogens is 1. The Bertz CT molecular complexity index is 594. The van der Waals surface area contributed by atoms with Crippen LogP contribution in [-0.4, -0.2) is 39.8 Å². The molecule has 2 rings (SSSR count). The Morgan fingerprint density at radius 3 is 2.71 bits per heavy atom. The van der Waals surface area contributed by atoms with Gasteiger partial charge in [0.25, 0.3) is 5.91 Å². The van der Waals surface area contributed by atoms with Gasteiger partial charge in [0.2, 0.25) is 11.8 Å². The number of nitrogens with zero attached hydrogens (tertiary/aromatic N) is 2. The molecule has 1 unspecified atom stereocenters. The van der Waals surface area contributed by atoms with Crippen molar-refractivity contribution in [2.24, 2.45) is 0 Å². The van der Waals surface area contributed by atoms with Crippen molar-refractivity contribution in [3.8, 4) is 0 Å². The molecule has 1 aromatic rings. The van der Waals surface area contributed by atoms with Crippen LogP contribution in [0.1, 0.15) is 43.7 Å². The number of carbonyl (C=O) groups excluding carboxylic acids is 3. The number of imide groups is 1. The quantitative estimate of drug-likeness (QED) is 0.862. The predicted octanol–water partition coefficient (Wildman–Crippen LogP) is 1.60. The van der Waals surface area contributed by atoms with Gasteiger partial charge in [0, 0.05) is 12.2 Å². The summed E-state index contributed by atoms with van der Waals surface area (Å²) in [5, 5.41) is 2.71. The molecule has 1 saturated heterocycles. The van der Waals surface area contributed by atoms with E-state index in [2.05, 4.69) is 5.32 Å². The average Bonchev–Trinajstić information content (AvgIpc) is 2.79. The lowest BCUT2D eigenvalue weighted by molar-refractivity contribution is -0.138. The maximum Gasteiger partial charge on any atom is 0.271 e. The second-order valence-corrected chi connectivity index (χ2v) is 5.75. The Labute approximate surface area is 128 Å². The van der Waals surface area contributed by atoms with Gasteiger partial charge in [0.15, 0.2) is 0 Å². The highest BCUT2D eigenvalue weighted by molar-refractivity contribution is 6.31. The molecular weight excluding hydrogens is 294 g/mol. The van der Waals surface area contributed by atoms with E-state index in [9.17, 15) is 14.4 Å². The van der Waals surface area contributed by atoms with E-state index >= 15 is 0 Å². The average molecular weight is 312 g/mol. The Kier molecular flexibility index (Phi) is 4.37. The van der Waals surface area contributed by atoms with Crippen molar-refractivity contribution >= 4 is 29.3 Å². The number of amides is 3. The van der Waals surface area contributed by atoms with E-state index in [0.717, 1.165) is 0 Å². The summed E-state index contributed by atoms with van der Waals surface area (Å²) in [6.07, 6.45) is 2.12. The minimum atomic E-state index is -0.635. The van der Waals surface area contributed by atoms with Gasteiger partial charge in [-0.25, -0.2) is 0 Å². The monoisotopic (exact) mass is 311 g/mol. The van der Waals surface area contributed by atoms with Crippen molar-refractivity contribution in [2.75, 3.05) is 6.54 Å². The van der Waals surface area contributed by atoms with Crippen molar-refractivity contribution in [1.82, 2.24) is 14.8 Å². The first-order valence-corrected chi connectivity index (χ1v) is 7.25. The molecule has 0 spiro atoms. The molecule has 1 aromatic heterocycles. The molecule has 7 heteroatoms. The fraction of sp³-hybridized carbons (Fsp3) is 0.500. The normalized spacial score (nSPS) is 19.1. The van der Waals surface area contributed by atoms with E-state index in [4.69, 9.17) is 11.6 Å². The van der Waals surface area contributed by atoms with E-state index in [1.54, 1.807) is 23.8 Å². The first kappa shape index (κ1) is 15.6. The Morgan fingerprint density at radius 1 is 1.48 bits per heavy atom. The summed E-state index contributed by atoms with van der Waals surface area (Å²) >= 11 is 5.98. The van der Waals surface area contributed by atoms with Crippen LogP contribution >= 0.6 is 11.6 Å². The fourth-order valence-electron chi connectivity index (χ4n) is 2.48. The van der Waals surface area contributed by atoms with Crippen molar-refractivity contribution in [2.45, 2.75) is 39.3 Å². The Morgan fingerprint density at radius 2 is 2.14 bits per heavy atom. The number of carbonyl (C=O) groups is 3. The zero-order chi connectivity index (χ0) is 15.7. The Balaban J connectivity index is 2.38. The maximum atomic E-state index is 12.7. The number of nitrogens with one attached hydrogen (secondary N) is 1. The second-order valence-electron chi connectivity index (χ2n) is 5.31. The zero-order valence-corrected chi connectivity index (χ0v) is 13.0. The number of piperazine rings is 1. The van der Waals surface area contributed by atoms with Gasteiger partial charge in [-0.1, -0.05) is 18.5 Å². The first-order valence-electron chi connectivity index (χ1n) is 6.87. The van der Waals surface area contributed by atoms with Crippen LogP contribution in [0.15, 0.2) is 12.3 Å². The van der Waals surface area contributed by atoms with E-state index in [-0.39, 0.29) is 18.5 Å². The molecule has 21 heavy (non-hydrogen) atoms. The third-order valence-electron chi connectivity index (χ3n) is 3.49. The Hall–Kier alpha value is -1.82. The largest absolute Gasteiger partial charge is 0.339 e. The van der Waals surface area contributed by atoms with Gasteiger partial charge in [0.05, 0.1) is 5.02 Å². The SMILES string of the molecule is CCC1C(=O)NC(=O)CN1C(=O)c1cc(Cl)cn1C(C)C. The maximum absolute atomic E-state index is 12.7. The van der Waals surface area contributed by atoms with Crippen LogP contribution in [-0.2, 0) is 9.59 Å². The highest BCUT2D eigenvalue weighted by atomic mass is 35.5. The second kappa shape index (κ2) is 5.89. The molecule has 1 N–H and O–H groups in total. The molecule has 0 saturated carbocycles. The molecule has 0 radical (unpaired) electrons. The minimum absolute atomic E-state index is 0.0471. The standard InChI is InChI=1S/C14H18ClN3O3/c1-4-10-13(20)16-12(19)7-18(10)14(21)11-5-9(15)6-17(11)8(2)3/h5-6,8,10H,4,7H2,1-3H3,(H,16,19,20). The molecular formula is C14H18ClN3O3. The molecule has 1 atom stereocenters. The summed E-state index contributed by atoms with van der Waals surface area (Å²) < 4.78 is 1.74. The van der Waals surface area contributed by atoms with Crippen LogP contribution in [0.25, 0.3) is 0 Å². The zero-order valence-electron chi connectivity index (χ0n) is 12.2. The summed E-state index contributed by atoms with van der Waals surface area (Å²) in [6, 6.07) is 0.975. The molecule has 0 bridgehead atoms. The highest BCUT2D eigenvalue weighted by Gasteiger charge is 2.37. The van der Waals surface area contributed by atoms with Crippen LogP contribution in [0.4, 0.5) is 0 Å². The van der Waals surface area contributed by atoms with Crippen LogP contribution in [0.2, 0.25) is 5.02 Å². The third-order valence-corrected chi connectivity index (χ3v) is 3.70. The van der Waals surface area contributed by atoms with Crippen LogP contribution in [0.5, 0.6) is 0 Å². The van der Waals surface area contributed by atoms with Crippen molar-refractivity contribution < 1.29 is 14.4 Å². The molecule has 2 heterocycles. The summed E-state index contributed by atoms with van der Waals surface area (Å²) in [6.45, 7) is 5.54. The van der Waals surface area contributed by atoms with Gasteiger partial charge >= 0.3 is 0 Å². The molecule has 6 nitrogen and oxygen atoms in total.